The van der Waals surface area contributed by atoms with Crippen LogP contribution in [0.4, 0.5) is 0 Å². The fourth-order valence-electron chi connectivity index (χ4n) is 1.43. The van der Waals surface area contributed by atoms with Gasteiger partial charge in [0.2, 0.25) is 0 Å². The van der Waals surface area contributed by atoms with E-state index < -0.39 is 17.8 Å². The number of hydrogen-bond acceptors (Lipinski definition) is 4. The van der Waals surface area contributed by atoms with E-state index >= 15 is 0 Å². The largest absolute Gasteiger partial charge is 0.479 e. The number of likely N-dealkylation sites (N-methyl/N-ethyl adjacent to an activating group) is 1. The first-order valence-corrected chi connectivity index (χ1v) is 3.98. The number of carboxylic acid groups (broad SMARTS) is 1. The van der Waals surface area contributed by atoms with Crippen molar-refractivity contribution in [1.29, 1.82) is 1.43 Å². The number of aliphatic carboxylic acids is 1. The smallest absolute Gasteiger partial charge is 0.334 e. The molecular formula is C8H15NO3V. The molecule has 1 aliphatic heterocycles. The summed E-state index contributed by atoms with van der Waals surface area (Å²) in [4.78, 5) is 13.0. The van der Waals surface area contributed by atoms with Gasteiger partial charge in [0.05, 0.1) is 0 Å². The summed E-state index contributed by atoms with van der Waals surface area (Å²) in [6, 6.07) is -0.0622. The van der Waals surface area contributed by atoms with Gasteiger partial charge in [-0.1, -0.05) is 0 Å². The van der Waals surface area contributed by atoms with Crippen LogP contribution in [0.5, 0.6) is 0 Å². The van der Waals surface area contributed by atoms with Crippen molar-refractivity contribution in [3.63, 3.8) is 0 Å². The molecule has 5 heteroatoms. The van der Waals surface area contributed by atoms with Gasteiger partial charge in [0.25, 0.3) is 1.43 Å². The number of hydrogen-bond donors (Lipinski definition) is 1. The second-order valence-corrected chi connectivity index (χ2v) is 3.66. The Labute approximate surface area is 91.6 Å². The van der Waals surface area contributed by atoms with E-state index in [0.29, 0.717) is 0 Å². The number of rotatable bonds is 1. The van der Waals surface area contributed by atoms with E-state index in [1.807, 2.05) is 32.7 Å². The topological polar surface area (TPSA) is 49.8 Å². The fourth-order valence-corrected chi connectivity index (χ4v) is 1.43. The number of carboxylic acids is 1. The molecule has 1 rings (SSSR count). The monoisotopic (exact) mass is 226 g/mol. The Kier molecular flexibility index (Phi) is 3.41. The van der Waals surface area contributed by atoms with Crippen molar-refractivity contribution in [2.24, 2.45) is 0 Å². The molecule has 75 valence electrons. The van der Waals surface area contributed by atoms with Crippen molar-refractivity contribution in [2.75, 3.05) is 7.05 Å². The SMILES string of the molecule is [3H]OC(=O)C1OC(C)(C)N(C)C1C.[V]. The molecule has 0 aliphatic carbocycles. The first-order chi connectivity index (χ1) is 5.90. The van der Waals surface area contributed by atoms with Gasteiger partial charge in [-0.25, -0.2) is 4.79 Å². The molecule has 0 aromatic heterocycles. The summed E-state index contributed by atoms with van der Waals surface area (Å²) >= 11 is 0. The van der Waals surface area contributed by atoms with Crippen LogP contribution < -0.4 is 0 Å². The molecule has 0 amide bonds. The minimum Gasteiger partial charge on any atom is -0.479 e. The first-order valence-electron chi connectivity index (χ1n) is 4.38. The van der Waals surface area contributed by atoms with Gasteiger partial charge in [0, 0.05) is 24.6 Å². The Morgan fingerprint density at radius 3 is 2.54 bits per heavy atom. The van der Waals surface area contributed by atoms with E-state index in [9.17, 15) is 4.79 Å². The van der Waals surface area contributed by atoms with Crippen LogP contribution in [0.2, 0.25) is 0 Å². The average Bonchev–Trinajstić information content (AvgIpc) is 2.28. The molecule has 2 unspecified atom stereocenters. The van der Waals surface area contributed by atoms with E-state index in [4.69, 9.17) is 6.17 Å². The predicted molar refractivity (Wildman–Crippen MR) is 43.8 cm³/mol. The summed E-state index contributed by atoms with van der Waals surface area (Å²) in [5, 5.41) is 3.91. The van der Waals surface area contributed by atoms with Gasteiger partial charge in [0.15, 0.2) is 6.10 Å². The fraction of sp³-hybridized carbons (Fsp3) is 0.875. The van der Waals surface area contributed by atoms with E-state index in [-0.39, 0.29) is 24.6 Å². The molecule has 0 saturated carbocycles. The summed E-state index contributed by atoms with van der Waals surface area (Å²) < 4.78 is 12.0. The van der Waals surface area contributed by atoms with E-state index in [2.05, 4.69) is 5.11 Å². The molecule has 1 N–H and O–H groups in total. The molecule has 0 aromatic rings. The van der Waals surface area contributed by atoms with Gasteiger partial charge in [-0.05, 0) is 27.8 Å². The van der Waals surface area contributed by atoms with Crippen LogP contribution in [-0.4, -0.2) is 40.9 Å². The van der Waals surface area contributed by atoms with Crippen molar-refractivity contribution in [3.05, 3.63) is 0 Å². The van der Waals surface area contributed by atoms with Crippen molar-refractivity contribution in [3.8, 4) is 0 Å². The molecule has 1 aliphatic rings. The van der Waals surface area contributed by atoms with Crippen LogP contribution in [0.1, 0.15) is 20.8 Å². The van der Waals surface area contributed by atoms with Crippen LogP contribution in [0, 0.1) is 0 Å². The van der Waals surface area contributed by atoms with Crippen molar-refractivity contribution >= 4 is 5.97 Å². The normalized spacial score (nSPS) is 33.4. The maximum absolute atomic E-state index is 11.1. The predicted octanol–water partition coefficient (Wildman–Crippen LogP) is 0.524. The zero-order valence-corrected chi connectivity index (χ0v) is 9.67. The number of ether oxygens (including phenoxy) is 1. The maximum Gasteiger partial charge on any atom is 0.334 e. The van der Waals surface area contributed by atoms with Crippen LogP contribution in [0.15, 0.2) is 0 Å². The van der Waals surface area contributed by atoms with Gasteiger partial charge < -0.3 is 9.85 Å². The van der Waals surface area contributed by atoms with Crippen LogP contribution in [-0.2, 0) is 28.1 Å². The number of nitrogens with zero attached hydrogens (tertiary/aromatic N) is 1. The van der Waals surface area contributed by atoms with E-state index in [1.54, 1.807) is 0 Å². The third-order valence-electron chi connectivity index (χ3n) is 2.55. The third-order valence-corrected chi connectivity index (χ3v) is 2.55. The molecule has 0 bridgehead atoms. The molecule has 2 atom stereocenters. The van der Waals surface area contributed by atoms with Crippen molar-refractivity contribution < 1.29 is 33.2 Å². The quantitative estimate of drug-likeness (QED) is 0.708. The van der Waals surface area contributed by atoms with E-state index in [0.717, 1.165) is 0 Å². The molecule has 1 radical (unpaired) electrons. The van der Waals surface area contributed by atoms with Gasteiger partial charge >= 0.3 is 5.97 Å². The summed E-state index contributed by atoms with van der Waals surface area (Å²) in [5.41, 5.74) is -0.474. The minimum absolute atomic E-state index is 0. The zero-order valence-electron chi connectivity index (χ0n) is 9.27. The molecule has 13 heavy (non-hydrogen) atoms. The Morgan fingerprint density at radius 1 is 1.69 bits per heavy atom. The minimum atomic E-state index is -0.655. The molecule has 1 heterocycles. The first kappa shape index (κ1) is 11.1. The summed E-state index contributed by atoms with van der Waals surface area (Å²) in [6.45, 7) is 5.62. The van der Waals surface area contributed by atoms with Crippen LogP contribution >= 0.6 is 0 Å². The van der Waals surface area contributed by atoms with Crippen LogP contribution in [0.25, 0.3) is 1.43 Å². The Balaban J connectivity index is 0.00000169. The van der Waals surface area contributed by atoms with Gasteiger partial charge in [-0.15, -0.1) is 0 Å². The van der Waals surface area contributed by atoms with Gasteiger partial charge in [-0.3, -0.25) is 4.90 Å². The molecule has 0 spiro atoms. The Morgan fingerprint density at radius 2 is 2.23 bits per heavy atom. The summed E-state index contributed by atoms with van der Waals surface area (Å²) in [6.07, 6.45) is -0.655. The standard InChI is InChI=1S/C8H15NO3.V/c1-5-6(7(10)11)12-8(2,3)9(5)4;/h5-6H,1-4H3,(H,10,11);/i/hT. The molecule has 1 saturated heterocycles. The second kappa shape index (κ2) is 4.01. The molecule has 0 aromatic carbocycles. The molecular weight excluding hydrogens is 209 g/mol. The maximum atomic E-state index is 11.1. The second-order valence-electron chi connectivity index (χ2n) is 3.66. The summed E-state index contributed by atoms with van der Waals surface area (Å²) in [5.74, 6) is -0.634. The average molecular weight is 226 g/mol. The third kappa shape index (κ3) is 2.26. The molecule has 4 nitrogen and oxygen atoms in total. The van der Waals surface area contributed by atoms with Gasteiger partial charge in [-0.2, -0.15) is 0 Å². The van der Waals surface area contributed by atoms with Crippen LogP contribution in [0.3, 0.4) is 0 Å². The zero-order chi connectivity index (χ0) is 10.2. The molecule has 1 fully saturated rings. The van der Waals surface area contributed by atoms with E-state index in [1.165, 1.54) is 0 Å². The van der Waals surface area contributed by atoms with Crippen molar-refractivity contribution in [2.45, 2.75) is 38.6 Å². The Bertz CT molecular complexity index is 225. The number of carbonyl (C=O) groups is 1. The Hall–Kier alpha value is -0.0256. The van der Waals surface area contributed by atoms with Crippen molar-refractivity contribution in [1.82, 2.24) is 4.90 Å². The van der Waals surface area contributed by atoms with Gasteiger partial charge in [0.1, 0.15) is 5.72 Å². The summed E-state index contributed by atoms with van der Waals surface area (Å²) in [7, 11) is 1.88.